The maximum Gasteiger partial charge on any atom is 0.321 e. The number of amides is 2. The van der Waals surface area contributed by atoms with Gasteiger partial charge in [0.15, 0.2) is 5.13 Å². The summed E-state index contributed by atoms with van der Waals surface area (Å²) in [4.78, 5) is 27.3. The van der Waals surface area contributed by atoms with Crippen LogP contribution in [0.2, 0.25) is 0 Å². The highest BCUT2D eigenvalue weighted by Gasteiger charge is 2.38. The number of aliphatic carboxylic acids is 1. The van der Waals surface area contributed by atoms with Gasteiger partial charge in [0, 0.05) is 18.1 Å². The summed E-state index contributed by atoms with van der Waals surface area (Å²) in [5.74, 6) is -0.811. The van der Waals surface area contributed by atoms with Crippen molar-refractivity contribution in [1.82, 2.24) is 10.3 Å². The van der Waals surface area contributed by atoms with Crippen molar-refractivity contribution in [3.63, 3.8) is 0 Å². The molecule has 1 aromatic heterocycles. The van der Waals surface area contributed by atoms with Crippen LogP contribution in [0.5, 0.6) is 0 Å². The van der Waals surface area contributed by atoms with Crippen molar-refractivity contribution >= 4 is 28.5 Å². The first-order valence-corrected chi connectivity index (χ1v) is 7.68. The van der Waals surface area contributed by atoms with E-state index in [0.717, 1.165) is 25.7 Å². The van der Waals surface area contributed by atoms with Gasteiger partial charge in [-0.15, -0.1) is 11.3 Å². The number of hydrogen-bond acceptors (Lipinski definition) is 4. The van der Waals surface area contributed by atoms with Crippen LogP contribution >= 0.6 is 11.3 Å². The van der Waals surface area contributed by atoms with Crippen LogP contribution in [0.4, 0.5) is 9.93 Å². The van der Waals surface area contributed by atoms with E-state index in [2.05, 4.69) is 15.6 Å². The average Bonchev–Trinajstić information content (AvgIpc) is 2.79. The Morgan fingerprint density at radius 2 is 2.00 bits per heavy atom. The SMILES string of the molecule is O=C(NCC1(C(=O)O)CCCCCC1)Nc1nccs1. The number of urea groups is 1. The lowest BCUT2D eigenvalue weighted by molar-refractivity contribution is -0.149. The molecule has 6 nitrogen and oxygen atoms in total. The van der Waals surface area contributed by atoms with Gasteiger partial charge in [-0.05, 0) is 12.8 Å². The predicted molar refractivity (Wildman–Crippen MR) is 76.9 cm³/mol. The van der Waals surface area contributed by atoms with Crippen LogP contribution in [-0.4, -0.2) is 28.6 Å². The number of thiazole rings is 1. The van der Waals surface area contributed by atoms with Crippen LogP contribution in [0, 0.1) is 5.41 Å². The second kappa shape index (κ2) is 6.69. The molecule has 1 fully saturated rings. The number of carbonyl (C=O) groups is 2. The second-order valence-electron chi connectivity index (χ2n) is 5.14. The van der Waals surface area contributed by atoms with Crippen molar-refractivity contribution in [3.8, 4) is 0 Å². The summed E-state index contributed by atoms with van der Waals surface area (Å²) in [6.45, 7) is 0.166. The summed E-state index contributed by atoms with van der Waals surface area (Å²) >= 11 is 1.32. The number of hydrogen-bond donors (Lipinski definition) is 3. The number of aromatic nitrogens is 1. The molecule has 0 saturated heterocycles. The first-order valence-electron chi connectivity index (χ1n) is 6.80. The number of rotatable bonds is 4. The zero-order valence-corrected chi connectivity index (χ0v) is 12.0. The van der Waals surface area contributed by atoms with Crippen molar-refractivity contribution < 1.29 is 14.7 Å². The normalized spacial score (nSPS) is 18.0. The molecule has 3 N–H and O–H groups in total. The molecule has 0 spiro atoms. The van der Waals surface area contributed by atoms with Crippen LogP contribution in [0.1, 0.15) is 38.5 Å². The molecule has 0 aliphatic heterocycles. The molecule has 1 aliphatic rings. The molecular weight excluding hydrogens is 278 g/mol. The molecule has 110 valence electrons. The Morgan fingerprint density at radius 1 is 1.30 bits per heavy atom. The third kappa shape index (κ3) is 3.69. The molecule has 1 heterocycles. The number of carboxylic acids is 1. The Morgan fingerprint density at radius 3 is 2.55 bits per heavy atom. The van der Waals surface area contributed by atoms with E-state index in [0.29, 0.717) is 18.0 Å². The number of anilines is 1. The largest absolute Gasteiger partial charge is 0.481 e. The van der Waals surface area contributed by atoms with Crippen LogP contribution in [0.25, 0.3) is 0 Å². The van der Waals surface area contributed by atoms with Crippen molar-refractivity contribution in [2.45, 2.75) is 38.5 Å². The Bertz CT molecular complexity index is 453. The zero-order valence-electron chi connectivity index (χ0n) is 11.2. The van der Waals surface area contributed by atoms with Crippen molar-refractivity contribution in [2.24, 2.45) is 5.41 Å². The monoisotopic (exact) mass is 297 g/mol. The molecule has 1 aliphatic carbocycles. The second-order valence-corrected chi connectivity index (χ2v) is 6.04. The van der Waals surface area contributed by atoms with E-state index in [9.17, 15) is 14.7 Å². The summed E-state index contributed by atoms with van der Waals surface area (Å²) in [7, 11) is 0. The first kappa shape index (κ1) is 14.8. The molecule has 1 aromatic rings. The van der Waals surface area contributed by atoms with Gasteiger partial charge in [-0.2, -0.15) is 0 Å². The minimum absolute atomic E-state index is 0.166. The molecule has 7 heteroatoms. The van der Waals surface area contributed by atoms with Gasteiger partial charge >= 0.3 is 12.0 Å². The molecule has 0 aromatic carbocycles. The molecule has 20 heavy (non-hydrogen) atoms. The quantitative estimate of drug-likeness (QED) is 0.745. The molecule has 0 unspecified atom stereocenters. The maximum atomic E-state index is 11.8. The van der Waals surface area contributed by atoms with Crippen LogP contribution in [0.3, 0.4) is 0 Å². The van der Waals surface area contributed by atoms with Gasteiger partial charge in [0.05, 0.1) is 5.41 Å². The highest BCUT2D eigenvalue weighted by molar-refractivity contribution is 7.13. The van der Waals surface area contributed by atoms with Gasteiger partial charge in [-0.3, -0.25) is 10.1 Å². The zero-order chi connectivity index (χ0) is 14.4. The molecule has 1 saturated carbocycles. The van der Waals surface area contributed by atoms with Gasteiger partial charge in [0.25, 0.3) is 0 Å². The minimum Gasteiger partial charge on any atom is -0.481 e. The highest BCUT2D eigenvalue weighted by atomic mass is 32.1. The number of carboxylic acid groups (broad SMARTS) is 1. The fourth-order valence-electron chi connectivity index (χ4n) is 2.55. The average molecular weight is 297 g/mol. The third-order valence-electron chi connectivity index (χ3n) is 3.75. The predicted octanol–water partition coefficient (Wildman–Crippen LogP) is 2.69. The molecule has 2 rings (SSSR count). The minimum atomic E-state index is -0.823. The summed E-state index contributed by atoms with van der Waals surface area (Å²) in [6, 6.07) is -0.398. The summed E-state index contributed by atoms with van der Waals surface area (Å²) in [5.41, 5.74) is -0.823. The number of nitrogens with zero attached hydrogens (tertiary/aromatic N) is 1. The summed E-state index contributed by atoms with van der Waals surface area (Å²) < 4.78 is 0. The Balaban J connectivity index is 1.91. The van der Waals surface area contributed by atoms with Crippen LogP contribution < -0.4 is 10.6 Å². The van der Waals surface area contributed by atoms with Crippen LogP contribution in [0.15, 0.2) is 11.6 Å². The topological polar surface area (TPSA) is 91.3 Å². The summed E-state index contributed by atoms with van der Waals surface area (Å²) in [6.07, 6.45) is 6.80. The fraction of sp³-hybridized carbons (Fsp3) is 0.615. The van der Waals surface area contributed by atoms with E-state index in [1.165, 1.54) is 11.3 Å². The van der Waals surface area contributed by atoms with Crippen molar-refractivity contribution in [2.75, 3.05) is 11.9 Å². The van der Waals surface area contributed by atoms with Crippen LogP contribution in [-0.2, 0) is 4.79 Å². The standard InChI is InChI=1S/C13H19N3O3S/c17-10(18)13(5-3-1-2-4-6-13)9-15-11(19)16-12-14-7-8-20-12/h7-8H,1-6,9H2,(H,17,18)(H2,14,15,16,19). The van der Waals surface area contributed by atoms with E-state index in [1.807, 2.05) is 0 Å². The Kier molecular flexibility index (Phi) is 4.94. The third-order valence-corrected chi connectivity index (χ3v) is 4.44. The van der Waals surface area contributed by atoms with Gasteiger partial charge in [-0.1, -0.05) is 25.7 Å². The van der Waals surface area contributed by atoms with E-state index < -0.39 is 17.4 Å². The molecule has 0 radical (unpaired) electrons. The highest BCUT2D eigenvalue weighted by Crippen LogP contribution is 2.34. The van der Waals surface area contributed by atoms with Gasteiger partial charge < -0.3 is 10.4 Å². The molecule has 0 bridgehead atoms. The lowest BCUT2D eigenvalue weighted by Gasteiger charge is -2.28. The smallest absolute Gasteiger partial charge is 0.321 e. The lowest BCUT2D eigenvalue weighted by atomic mass is 9.80. The van der Waals surface area contributed by atoms with E-state index in [4.69, 9.17) is 0 Å². The Hall–Kier alpha value is -1.63. The van der Waals surface area contributed by atoms with E-state index >= 15 is 0 Å². The van der Waals surface area contributed by atoms with E-state index in [1.54, 1.807) is 11.6 Å². The van der Waals surface area contributed by atoms with Gasteiger partial charge in [0.2, 0.25) is 0 Å². The summed E-state index contributed by atoms with van der Waals surface area (Å²) in [5, 5.41) is 17.0. The van der Waals surface area contributed by atoms with Gasteiger partial charge in [-0.25, -0.2) is 9.78 Å². The number of carbonyl (C=O) groups excluding carboxylic acids is 1. The fourth-order valence-corrected chi connectivity index (χ4v) is 3.07. The van der Waals surface area contributed by atoms with Gasteiger partial charge in [0.1, 0.15) is 0 Å². The molecule has 2 amide bonds. The van der Waals surface area contributed by atoms with Crippen molar-refractivity contribution in [1.29, 1.82) is 0 Å². The maximum absolute atomic E-state index is 11.8. The number of nitrogens with one attached hydrogen (secondary N) is 2. The van der Waals surface area contributed by atoms with Crippen molar-refractivity contribution in [3.05, 3.63) is 11.6 Å². The molecular formula is C13H19N3O3S. The Labute approximate surface area is 121 Å². The first-order chi connectivity index (χ1) is 9.62. The van der Waals surface area contributed by atoms with E-state index in [-0.39, 0.29) is 6.54 Å². The lowest BCUT2D eigenvalue weighted by Crippen LogP contribution is -2.44. The molecule has 0 atom stereocenters.